The molecule has 5 nitrogen and oxygen atoms in total. The Kier molecular flexibility index (Phi) is 6.43. The number of thioether (sulfide) groups is 1. The van der Waals surface area contributed by atoms with Crippen molar-refractivity contribution in [3.8, 4) is 0 Å². The molecule has 0 aliphatic carbocycles. The minimum Gasteiger partial charge on any atom is -0.396 e. The van der Waals surface area contributed by atoms with Crippen molar-refractivity contribution >= 4 is 23.1 Å². The molecule has 0 spiro atoms. The van der Waals surface area contributed by atoms with Gasteiger partial charge >= 0.3 is 0 Å². The van der Waals surface area contributed by atoms with Gasteiger partial charge in [0.05, 0.1) is 4.92 Å². The summed E-state index contributed by atoms with van der Waals surface area (Å²) in [6.07, 6.45) is 0.786. The number of nitro groups is 1. The van der Waals surface area contributed by atoms with E-state index in [-0.39, 0.29) is 23.3 Å². The van der Waals surface area contributed by atoms with E-state index in [2.05, 4.69) is 5.32 Å². The Morgan fingerprint density at radius 1 is 1.26 bits per heavy atom. The van der Waals surface area contributed by atoms with E-state index >= 15 is 0 Å². The first-order chi connectivity index (χ1) is 11.1. The molecule has 122 valence electrons. The summed E-state index contributed by atoms with van der Waals surface area (Å²) in [4.78, 5) is 11.6. The number of nitrogens with zero attached hydrogens (tertiary/aromatic N) is 1. The highest BCUT2D eigenvalue weighted by Gasteiger charge is 2.10. The number of nitrogens with one attached hydrogen (secondary N) is 1. The Labute approximate surface area is 139 Å². The Bertz CT molecular complexity index is 647. The van der Waals surface area contributed by atoms with Gasteiger partial charge in [-0.3, -0.25) is 10.1 Å². The summed E-state index contributed by atoms with van der Waals surface area (Å²) in [5, 5.41) is 23.0. The number of hydrogen-bond donors (Lipinski definition) is 2. The van der Waals surface area contributed by atoms with E-state index in [0.717, 1.165) is 28.3 Å². The molecular weight excluding hydrogens is 312 g/mol. The van der Waals surface area contributed by atoms with E-state index in [1.54, 1.807) is 23.9 Å². The Balaban J connectivity index is 1.98. The van der Waals surface area contributed by atoms with E-state index in [1.165, 1.54) is 6.07 Å². The van der Waals surface area contributed by atoms with Gasteiger partial charge in [-0.25, -0.2) is 0 Å². The van der Waals surface area contributed by atoms with Gasteiger partial charge in [0, 0.05) is 41.1 Å². The average molecular weight is 332 g/mol. The van der Waals surface area contributed by atoms with Crippen LogP contribution in [0.25, 0.3) is 0 Å². The molecule has 2 aromatic rings. The maximum Gasteiger partial charge on any atom is 0.269 e. The van der Waals surface area contributed by atoms with Crippen molar-refractivity contribution in [3.05, 3.63) is 64.2 Å². The number of non-ortho nitro benzene ring substituents is 1. The quantitative estimate of drug-likeness (QED) is 0.327. The number of aliphatic hydroxyl groups is 1. The molecule has 2 aromatic carbocycles. The SMILES string of the molecule is CC(Nc1ccc(SCCCO)cc1)c1cccc([N+](=O)[O-])c1. The zero-order valence-electron chi connectivity index (χ0n) is 12.9. The minimum atomic E-state index is -0.380. The summed E-state index contributed by atoms with van der Waals surface area (Å²) >= 11 is 1.71. The molecule has 2 N–H and O–H groups in total. The Hall–Kier alpha value is -2.05. The molecule has 0 fully saturated rings. The predicted octanol–water partition coefficient (Wildman–Crippen LogP) is 4.24. The summed E-state index contributed by atoms with van der Waals surface area (Å²) in [6, 6.07) is 14.7. The van der Waals surface area contributed by atoms with E-state index < -0.39 is 0 Å². The van der Waals surface area contributed by atoms with E-state index in [4.69, 9.17) is 5.11 Å². The summed E-state index contributed by atoms with van der Waals surface area (Å²) in [5.74, 6) is 0.896. The third-order valence-electron chi connectivity index (χ3n) is 3.39. The summed E-state index contributed by atoms with van der Waals surface area (Å²) in [7, 11) is 0. The fraction of sp³-hybridized carbons (Fsp3) is 0.294. The Morgan fingerprint density at radius 3 is 2.65 bits per heavy atom. The first-order valence-corrected chi connectivity index (χ1v) is 8.43. The molecule has 0 aromatic heterocycles. The zero-order chi connectivity index (χ0) is 16.7. The molecule has 0 amide bonds. The van der Waals surface area contributed by atoms with Crippen molar-refractivity contribution in [2.75, 3.05) is 17.7 Å². The van der Waals surface area contributed by atoms with Crippen LogP contribution in [0.4, 0.5) is 11.4 Å². The third kappa shape index (κ3) is 5.26. The lowest BCUT2D eigenvalue weighted by Gasteiger charge is -2.16. The molecule has 23 heavy (non-hydrogen) atoms. The number of hydrogen-bond acceptors (Lipinski definition) is 5. The maximum atomic E-state index is 10.8. The number of aliphatic hydroxyl groups excluding tert-OH is 1. The van der Waals surface area contributed by atoms with Crippen LogP contribution in [0.1, 0.15) is 24.9 Å². The number of anilines is 1. The van der Waals surface area contributed by atoms with Gasteiger partial charge in [-0.2, -0.15) is 0 Å². The number of rotatable bonds is 8. The first kappa shape index (κ1) is 17.3. The third-order valence-corrected chi connectivity index (χ3v) is 4.49. The van der Waals surface area contributed by atoms with Crippen LogP contribution >= 0.6 is 11.8 Å². The average Bonchev–Trinajstić information content (AvgIpc) is 2.56. The largest absolute Gasteiger partial charge is 0.396 e. The molecule has 0 saturated carbocycles. The number of nitro benzene ring substituents is 1. The second-order valence-corrected chi connectivity index (χ2v) is 6.34. The van der Waals surface area contributed by atoms with Crippen molar-refractivity contribution in [1.82, 2.24) is 0 Å². The Morgan fingerprint density at radius 2 is 2.00 bits per heavy atom. The van der Waals surface area contributed by atoms with Crippen molar-refractivity contribution in [2.45, 2.75) is 24.3 Å². The monoisotopic (exact) mass is 332 g/mol. The van der Waals surface area contributed by atoms with Gasteiger partial charge in [0.2, 0.25) is 0 Å². The lowest BCUT2D eigenvalue weighted by Crippen LogP contribution is -2.06. The summed E-state index contributed by atoms with van der Waals surface area (Å²) in [6.45, 7) is 2.19. The van der Waals surface area contributed by atoms with Crippen LogP contribution in [0.2, 0.25) is 0 Å². The molecule has 0 saturated heterocycles. The van der Waals surface area contributed by atoms with Gasteiger partial charge in [-0.15, -0.1) is 11.8 Å². The topological polar surface area (TPSA) is 75.4 Å². The standard InChI is InChI=1S/C17H20N2O3S/c1-13(14-4-2-5-16(12-14)19(21)22)18-15-6-8-17(9-7-15)23-11-3-10-20/h2,4-9,12-13,18,20H,3,10-11H2,1H3. The molecule has 1 unspecified atom stereocenters. The van der Waals surface area contributed by atoms with Crippen LogP contribution in [0.15, 0.2) is 53.4 Å². The minimum absolute atomic E-state index is 0.0252. The van der Waals surface area contributed by atoms with E-state index in [0.29, 0.717) is 0 Å². The molecule has 6 heteroatoms. The van der Waals surface area contributed by atoms with Gasteiger partial charge in [-0.1, -0.05) is 12.1 Å². The lowest BCUT2D eigenvalue weighted by molar-refractivity contribution is -0.384. The predicted molar refractivity (Wildman–Crippen MR) is 94.0 cm³/mol. The molecule has 0 radical (unpaired) electrons. The van der Waals surface area contributed by atoms with Gasteiger partial charge in [0.15, 0.2) is 0 Å². The summed E-state index contributed by atoms with van der Waals surface area (Å²) < 4.78 is 0. The van der Waals surface area contributed by atoms with Crippen LogP contribution in [0.3, 0.4) is 0 Å². The van der Waals surface area contributed by atoms with Crippen LogP contribution in [-0.2, 0) is 0 Å². The van der Waals surface area contributed by atoms with Crippen LogP contribution in [0.5, 0.6) is 0 Å². The van der Waals surface area contributed by atoms with Gasteiger partial charge in [-0.05, 0) is 43.2 Å². The molecule has 2 rings (SSSR count). The first-order valence-electron chi connectivity index (χ1n) is 7.45. The second-order valence-electron chi connectivity index (χ2n) is 5.17. The van der Waals surface area contributed by atoms with Crippen molar-refractivity contribution in [2.24, 2.45) is 0 Å². The molecule has 0 aliphatic heterocycles. The molecule has 0 aliphatic rings. The van der Waals surface area contributed by atoms with Crippen molar-refractivity contribution in [3.63, 3.8) is 0 Å². The maximum absolute atomic E-state index is 10.8. The van der Waals surface area contributed by atoms with Crippen molar-refractivity contribution < 1.29 is 10.0 Å². The van der Waals surface area contributed by atoms with Crippen LogP contribution < -0.4 is 5.32 Å². The normalized spacial score (nSPS) is 11.9. The van der Waals surface area contributed by atoms with Crippen LogP contribution in [0, 0.1) is 10.1 Å². The number of benzene rings is 2. The van der Waals surface area contributed by atoms with Gasteiger partial charge in [0.1, 0.15) is 0 Å². The smallest absolute Gasteiger partial charge is 0.269 e. The molecular formula is C17H20N2O3S. The molecule has 0 bridgehead atoms. The van der Waals surface area contributed by atoms with Gasteiger partial charge < -0.3 is 10.4 Å². The van der Waals surface area contributed by atoms with E-state index in [1.807, 2.05) is 37.3 Å². The molecule has 0 heterocycles. The van der Waals surface area contributed by atoms with Crippen molar-refractivity contribution in [1.29, 1.82) is 0 Å². The highest BCUT2D eigenvalue weighted by atomic mass is 32.2. The van der Waals surface area contributed by atoms with Crippen LogP contribution in [-0.4, -0.2) is 22.4 Å². The fourth-order valence-electron chi connectivity index (χ4n) is 2.14. The molecule has 1 atom stereocenters. The fourth-order valence-corrected chi connectivity index (χ4v) is 2.98. The van der Waals surface area contributed by atoms with Gasteiger partial charge in [0.25, 0.3) is 5.69 Å². The zero-order valence-corrected chi connectivity index (χ0v) is 13.8. The summed E-state index contributed by atoms with van der Waals surface area (Å²) in [5.41, 5.74) is 1.95. The highest BCUT2D eigenvalue weighted by Crippen LogP contribution is 2.25. The lowest BCUT2D eigenvalue weighted by atomic mass is 10.1. The highest BCUT2D eigenvalue weighted by molar-refractivity contribution is 7.99. The van der Waals surface area contributed by atoms with E-state index in [9.17, 15) is 10.1 Å². The second kappa shape index (κ2) is 8.55.